The SMILES string of the molecule is COc1cc(OCc2cccc(-c3ccc4c(c3)OCCO4)c2C)c2c(c1C=O)CCC2. The Morgan fingerprint density at radius 3 is 2.59 bits per heavy atom. The third kappa shape index (κ3) is 3.58. The molecule has 0 aromatic heterocycles. The summed E-state index contributed by atoms with van der Waals surface area (Å²) >= 11 is 0. The highest BCUT2D eigenvalue weighted by atomic mass is 16.6. The molecule has 5 rings (SSSR count). The van der Waals surface area contributed by atoms with Crippen LogP contribution < -0.4 is 18.9 Å². The fourth-order valence-corrected chi connectivity index (χ4v) is 4.69. The second-order valence-corrected chi connectivity index (χ2v) is 8.16. The summed E-state index contributed by atoms with van der Waals surface area (Å²) in [6.45, 7) is 3.71. The summed E-state index contributed by atoms with van der Waals surface area (Å²) in [5.74, 6) is 2.97. The van der Waals surface area contributed by atoms with Crippen LogP contribution in [0.25, 0.3) is 11.1 Å². The number of methoxy groups -OCH3 is 1. The van der Waals surface area contributed by atoms with E-state index >= 15 is 0 Å². The molecule has 2 aliphatic rings. The quantitative estimate of drug-likeness (QED) is 0.495. The normalized spacial score (nSPS) is 14.1. The molecule has 0 fully saturated rings. The van der Waals surface area contributed by atoms with Gasteiger partial charge in [-0.1, -0.05) is 24.3 Å². The Bertz CT molecular complexity index is 1180. The number of ether oxygens (including phenoxy) is 4. The van der Waals surface area contributed by atoms with Gasteiger partial charge in [-0.15, -0.1) is 0 Å². The minimum absolute atomic E-state index is 0.445. The number of hydrogen-bond donors (Lipinski definition) is 0. The molecule has 3 aromatic rings. The van der Waals surface area contributed by atoms with Gasteiger partial charge in [-0.2, -0.15) is 0 Å². The number of benzene rings is 3. The first-order chi connectivity index (χ1) is 15.7. The Balaban J connectivity index is 1.43. The summed E-state index contributed by atoms with van der Waals surface area (Å²) in [6.07, 6.45) is 3.73. The maximum Gasteiger partial charge on any atom is 0.161 e. The van der Waals surface area contributed by atoms with E-state index in [2.05, 4.69) is 31.2 Å². The third-order valence-electron chi connectivity index (χ3n) is 6.39. The van der Waals surface area contributed by atoms with Crippen LogP contribution in [0, 0.1) is 6.92 Å². The molecule has 0 atom stereocenters. The molecule has 0 bridgehead atoms. The van der Waals surface area contributed by atoms with Crippen LogP contribution in [0.2, 0.25) is 0 Å². The predicted octanol–water partition coefficient (Wildman–Crippen LogP) is 5.32. The molecule has 1 heterocycles. The molecule has 0 radical (unpaired) electrons. The van der Waals surface area contributed by atoms with E-state index in [9.17, 15) is 4.79 Å². The zero-order chi connectivity index (χ0) is 22.1. The van der Waals surface area contributed by atoms with E-state index in [1.165, 1.54) is 0 Å². The highest BCUT2D eigenvalue weighted by Gasteiger charge is 2.23. The number of fused-ring (bicyclic) bond motifs is 2. The Hall–Kier alpha value is -3.47. The van der Waals surface area contributed by atoms with E-state index in [0.717, 1.165) is 76.2 Å². The van der Waals surface area contributed by atoms with Crippen molar-refractivity contribution in [3.8, 4) is 34.1 Å². The second kappa shape index (κ2) is 8.58. The van der Waals surface area contributed by atoms with Crippen molar-refractivity contribution < 1.29 is 23.7 Å². The second-order valence-electron chi connectivity index (χ2n) is 8.16. The van der Waals surface area contributed by atoms with Crippen LogP contribution in [0.5, 0.6) is 23.0 Å². The molecule has 164 valence electrons. The molecule has 0 unspecified atom stereocenters. The van der Waals surface area contributed by atoms with Crippen molar-refractivity contribution in [2.45, 2.75) is 32.8 Å². The van der Waals surface area contributed by atoms with E-state index in [0.29, 0.717) is 31.1 Å². The standard InChI is InChI=1S/C27H26O5/c1-17-19(5-3-6-20(17)18-9-10-24-27(13-18)31-12-11-30-24)16-32-26-14-25(29-2)23(15-28)21-7-4-8-22(21)26/h3,5-6,9-10,13-15H,4,7-8,11-12,16H2,1-2H3. The molecule has 0 saturated heterocycles. The average Bonchev–Trinajstić information content (AvgIpc) is 3.32. The van der Waals surface area contributed by atoms with Crippen molar-refractivity contribution in [2.75, 3.05) is 20.3 Å². The largest absolute Gasteiger partial charge is 0.496 e. The topological polar surface area (TPSA) is 54.0 Å². The van der Waals surface area contributed by atoms with Gasteiger partial charge < -0.3 is 18.9 Å². The number of carbonyl (C=O) groups excluding carboxylic acids is 1. The van der Waals surface area contributed by atoms with Crippen LogP contribution in [-0.2, 0) is 19.4 Å². The minimum Gasteiger partial charge on any atom is -0.496 e. The zero-order valence-corrected chi connectivity index (χ0v) is 18.4. The maximum atomic E-state index is 11.6. The van der Waals surface area contributed by atoms with Crippen LogP contribution in [0.1, 0.15) is 39.0 Å². The molecule has 1 aliphatic heterocycles. The molecule has 0 saturated carbocycles. The average molecular weight is 431 g/mol. The van der Waals surface area contributed by atoms with E-state index in [-0.39, 0.29) is 0 Å². The summed E-state index contributed by atoms with van der Waals surface area (Å²) in [5, 5.41) is 0. The lowest BCUT2D eigenvalue weighted by molar-refractivity contribution is 0.111. The zero-order valence-electron chi connectivity index (χ0n) is 18.4. The van der Waals surface area contributed by atoms with Gasteiger partial charge in [0.25, 0.3) is 0 Å². The summed E-state index contributed by atoms with van der Waals surface area (Å²) in [5.41, 5.74) is 7.36. The molecule has 0 amide bonds. The van der Waals surface area contributed by atoms with Crippen molar-refractivity contribution in [3.05, 3.63) is 70.3 Å². The summed E-state index contributed by atoms with van der Waals surface area (Å²) in [6, 6.07) is 14.2. The van der Waals surface area contributed by atoms with Crippen molar-refractivity contribution in [3.63, 3.8) is 0 Å². The predicted molar refractivity (Wildman–Crippen MR) is 122 cm³/mol. The third-order valence-corrected chi connectivity index (χ3v) is 6.39. The fourth-order valence-electron chi connectivity index (χ4n) is 4.69. The lowest BCUT2D eigenvalue weighted by atomic mass is 9.96. The summed E-state index contributed by atoms with van der Waals surface area (Å²) < 4.78 is 23.2. The highest BCUT2D eigenvalue weighted by Crippen LogP contribution is 2.39. The van der Waals surface area contributed by atoms with Gasteiger partial charge in [0.15, 0.2) is 17.8 Å². The van der Waals surface area contributed by atoms with Crippen molar-refractivity contribution in [2.24, 2.45) is 0 Å². The molecular weight excluding hydrogens is 404 g/mol. The maximum absolute atomic E-state index is 11.6. The van der Waals surface area contributed by atoms with Gasteiger partial charge in [-0.05, 0) is 71.7 Å². The summed E-state index contributed by atoms with van der Waals surface area (Å²) in [4.78, 5) is 11.6. The smallest absolute Gasteiger partial charge is 0.161 e. The molecule has 5 heteroatoms. The van der Waals surface area contributed by atoms with Crippen LogP contribution in [0.4, 0.5) is 0 Å². The number of aldehydes is 1. The van der Waals surface area contributed by atoms with Crippen LogP contribution >= 0.6 is 0 Å². The molecule has 5 nitrogen and oxygen atoms in total. The van der Waals surface area contributed by atoms with Gasteiger partial charge in [0.2, 0.25) is 0 Å². The van der Waals surface area contributed by atoms with Gasteiger partial charge in [-0.25, -0.2) is 0 Å². The lowest BCUT2D eigenvalue weighted by Crippen LogP contribution is -2.15. The number of hydrogen-bond acceptors (Lipinski definition) is 5. The van der Waals surface area contributed by atoms with Crippen LogP contribution in [0.15, 0.2) is 42.5 Å². The molecule has 0 spiro atoms. The number of carbonyl (C=O) groups is 1. The molecule has 1 aliphatic carbocycles. The molecule has 32 heavy (non-hydrogen) atoms. The molecule has 0 N–H and O–H groups in total. The Morgan fingerprint density at radius 2 is 1.78 bits per heavy atom. The number of rotatable bonds is 6. The van der Waals surface area contributed by atoms with Crippen molar-refractivity contribution in [1.29, 1.82) is 0 Å². The highest BCUT2D eigenvalue weighted by molar-refractivity contribution is 5.84. The van der Waals surface area contributed by atoms with Gasteiger partial charge in [0.05, 0.1) is 12.7 Å². The lowest BCUT2D eigenvalue weighted by Gasteiger charge is -2.20. The molecule has 3 aromatic carbocycles. The fraction of sp³-hybridized carbons (Fsp3) is 0.296. The van der Waals surface area contributed by atoms with Gasteiger partial charge in [0, 0.05) is 6.07 Å². The Morgan fingerprint density at radius 1 is 0.969 bits per heavy atom. The Kier molecular flexibility index (Phi) is 5.48. The first-order valence-corrected chi connectivity index (χ1v) is 11.0. The van der Waals surface area contributed by atoms with Crippen molar-refractivity contribution >= 4 is 6.29 Å². The van der Waals surface area contributed by atoms with Crippen LogP contribution in [0.3, 0.4) is 0 Å². The summed E-state index contributed by atoms with van der Waals surface area (Å²) in [7, 11) is 1.59. The van der Waals surface area contributed by atoms with E-state index in [1.807, 2.05) is 18.2 Å². The van der Waals surface area contributed by atoms with E-state index in [1.54, 1.807) is 7.11 Å². The van der Waals surface area contributed by atoms with Gasteiger partial charge >= 0.3 is 0 Å². The molecular formula is C27H26O5. The van der Waals surface area contributed by atoms with E-state index < -0.39 is 0 Å². The van der Waals surface area contributed by atoms with E-state index in [4.69, 9.17) is 18.9 Å². The van der Waals surface area contributed by atoms with Gasteiger partial charge in [-0.3, -0.25) is 4.79 Å². The van der Waals surface area contributed by atoms with Crippen molar-refractivity contribution in [1.82, 2.24) is 0 Å². The Labute approximate surface area is 187 Å². The van der Waals surface area contributed by atoms with Gasteiger partial charge in [0.1, 0.15) is 31.3 Å². The first kappa shape index (κ1) is 20.4. The minimum atomic E-state index is 0.445. The van der Waals surface area contributed by atoms with Crippen LogP contribution in [-0.4, -0.2) is 26.6 Å². The monoisotopic (exact) mass is 430 g/mol. The first-order valence-electron chi connectivity index (χ1n) is 11.0.